The summed E-state index contributed by atoms with van der Waals surface area (Å²) in [5, 5.41) is 0.0895. The van der Waals surface area contributed by atoms with Gasteiger partial charge in [-0.1, -0.05) is 11.6 Å². The molecular formula is C24H22ClF3N4O3. The van der Waals surface area contributed by atoms with Crippen molar-refractivity contribution >= 4 is 40.1 Å². The maximum absolute atomic E-state index is 15.4. The van der Waals surface area contributed by atoms with E-state index in [9.17, 15) is 9.59 Å². The van der Waals surface area contributed by atoms with Crippen molar-refractivity contribution < 1.29 is 27.5 Å². The van der Waals surface area contributed by atoms with Crippen LogP contribution in [-0.2, 0) is 20.9 Å². The number of ether oxygens (including phenoxy) is 1. The minimum absolute atomic E-state index is 0.000587. The Morgan fingerprint density at radius 3 is 2.54 bits per heavy atom. The molecule has 0 bridgehead atoms. The largest absolute Gasteiger partial charge is 0.373 e. The number of aromatic nitrogens is 2. The number of morpholine rings is 1. The molecule has 184 valence electrons. The van der Waals surface area contributed by atoms with E-state index in [1.165, 1.54) is 22.5 Å². The van der Waals surface area contributed by atoms with Crippen LogP contribution in [0, 0.1) is 17.5 Å². The highest BCUT2D eigenvalue weighted by atomic mass is 35.5. The number of fused-ring (bicyclic) bond motifs is 1. The van der Waals surface area contributed by atoms with E-state index in [2.05, 4.69) is 4.98 Å². The topological polar surface area (TPSA) is 67.7 Å². The standard InChI is InChI=1S/C24H22ClF3N4O3/c1-13(33)30-5-6-35-16(11-30)12-32-23-19(28)7-14(25)8-20(23)29-24(32)22-17(26)9-15(10-18(22)27)31-4-2-3-21(31)34/h7-10,16H,2-6,11-12H2,1H3/t16-/m1/s1. The van der Waals surface area contributed by atoms with Crippen LogP contribution in [0.25, 0.3) is 22.4 Å². The molecule has 0 radical (unpaired) electrons. The molecule has 2 aliphatic heterocycles. The summed E-state index contributed by atoms with van der Waals surface area (Å²) in [5.41, 5.74) is -0.186. The van der Waals surface area contributed by atoms with Gasteiger partial charge in [0.15, 0.2) is 5.82 Å². The van der Waals surface area contributed by atoms with Crippen molar-refractivity contribution in [1.29, 1.82) is 0 Å². The van der Waals surface area contributed by atoms with Gasteiger partial charge in [0.2, 0.25) is 11.8 Å². The fourth-order valence-electron chi connectivity index (χ4n) is 4.72. The van der Waals surface area contributed by atoms with Gasteiger partial charge in [-0.25, -0.2) is 18.2 Å². The van der Waals surface area contributed by atoms with Crippen LogP contribution >= 0.6 is 11.6 Å². The Kier molecular flexibility index (Phi) is 6.18. The van der Waals surface area contributed by atoms with Crippen LogP contribution in [0.5, 0.6) is 0 Å². The van der Waals surface area contributed by atoms with Crippen molar-refractivity contribution in [3.05, 3.63) is 46.7 Å². The zero-order chi connectivity index (χ0) is 24.9. The molecule has 35 heavy (non-hydrogen) atoms. The molecule has 2 saturated heterocycles. The van der Waals surface area contributed by atoms with Crippen LogP contribution < -0.4 is 4.90 Å². The molecule has 0 saturated carbocycles. The van der Waals surface area contributed by atoms with Gasteiger partial charge in [0.1, 0.15) is 23.0 Å². The number of amides is 2. The summed E-state index contributed by atoms with van der Waals surface area (Å²) in [7, 11) is 0. The third kappa shape index (κ3) is 4.36. The van der Waals surface area contributed by atoms with E-state index in [0.29, 0.717) is 25.9 Å². The van der Waals surface area contributed by atoms with E-state index < -0.39 is 29.1 Å². The molecule has 2 aromatic carbocycles. The number of imidazole rings is 1. The van der Waals surface area contributed by atoms with Gasteiger partial charge >= 0.3 is 0 Å². The van der Waals surface area contributed by atoms with Crippen molar-refractivity contribution in [2.75, 3.05) is 31.1 Å². The molecule has 0 spiro atoms. The zero-order valence-corrected chi connectivity index (χ0v) is 19.6. The Labute approximate surface area is 204 Å². The Balaban J connectivity index is 1.62. The normalized spacial score (nSPS) is 18.7. The Hall–Kier alpha value is -3.11. The average molecular weight is 507 g/mol. The fourth-order valence-corrected chi connectivity index (χ4v) is 4.92. The number of hydrogen-bond donors (Lipinski definition) is 0. The first-order chi connectivity index (χ1) is 16.7. The molecule has 1 atom stereocenters. The van der Waals surface area contributed by atoms with Crippen LogP contribution in [0.2, 0.25) is 5.02 Å². The van der Waals surface area contributed by atoms with E-state index in [1.54, 1.807) is 4.90 Å². The lowest BCUT2D eigenvalue weighted by Gasteiger charge is -2.32. The van der Waals surface area contributed by atoms with Crippen LogP contribution in [0.4, 0.5) is 18.9 Å². The van der Waals surface area contributed by atoms with Crippen molar-refractivity contribution in [2.45, 2.75) is 32.4 Å². The first-order valence-electron chi connectivity index (χ1n) is 11.2. The molecule has 2 aliphatic rings. The second-order valence-corrected chi connectivity index (χ2v) is 9.13. The third-order valence-electron chi connectivity index (χ3n) is 6.37. The van der Waals surface area contributed by atoms with Gasteiger partial charge in [-0.05, 0) is 30.7 Å². The lowest BCUT2D eigenvalue weighted by molar-refractivity contribution is -0.136. The summed E-state index contributed by atoms with van der Waals surface area (Å²) in [5.74, 6) is -3.04. The van der Waals surface area contributed by atoms with E-state index in [0.717, 1.165) is 18.2 Å². The Bertz CT molecular complexity index is 1320. The average Bonchev–Trinajstić information content (AvgIpc) is 3.37. The predicted octanol–water partition coefficient (Wildman–Crippen LogP) is 4.15. The lowest BCUT2D eigenvalue weighted by Crippen LogP contribution is -2.46. The van der Waals surface area contributed by atoms with Crippen LogP contribution in [0.1, 0.15) is 19.8 Å². The number of benzene rings is 2. The molecule has 11 heteroatoms. The van der Waals surface area contributed by atoms with Crippen LogP contribution in [-0.4, -0.2) is 58.6 Å². The number of nitrogens with zero attached hydrogens (tertiary/aromatic N) is 4. The van der Waals surface area contributed by atoms with Gasteiger partial charge in [0.05, 0.1) is 30.3 Å². The highest BCUT2D eigenvalue weighted by molar-refractivity contribution is 6.31. The lowest BCUT2D eigenvalue weighted by atomic mass is 10.1. The van der Waals surface area contributed by atoms with Gasteiger partial charge in [-0.3, -0.25) is 9.59 Å². The summed E-state index contributed by atoms with van der Waals surface area (Å²) in [6.07, 6.45) is 0.379. The highest BCUT2D eigenvalue weighted by Gasteiger charge is 2.29. The van der Waals surface area contributed by atoms with Crippen molar-refractivity contribution in [3.63, 3.8) is 0 Å². The molecule has 1 aromatic heterocycles. The fraction of sp³-hybridized carbons (Fsp3) is 0.375. The number of carbonyl (C=O) groups is 2. The molecule has 7 nitrogen and oxygen atoms in total. The quantitative estimate of drug-likeness (QED) is 0.533. The number of halogens is 4. The molecule has 0 N–H and O–H groups in total. The SMILES string of the molecule is CC(=O)N1CCO[C@@H](Cn2c(-c3c(F)cc(N4CCCC4=O)cc3F)nc3cc(Cl)cc(F)c32)C1. The molecule has 3 heterocycles. The smallest absolute Gasteiger partial charge is 0.227 e. The van der Waals surface area contributed by atoms with E-state index in [1.807, 2.05) is 0 Å². The minimum atomic E-state index is -0.933. The predicted molar refractivity (Wildman–Crippen MR) is 124 cm³/mol. The van der Waals surface area contributed by atoms with Gasteiger partial charge in [0.25, 0.3) is 0 Å². The molecule has 0 unspecified atom stereocenters. The van der Waals surface area contributed by atoms with Gasteiger partial charge in [-0.2, -0.15) is 0 Å². The zero-order valence-electron chi connectivity index (χ0n) is 18.9. The van der Waals surface area contributed by atoms with Crippen molar-refractivity contribution in [3.8, 4) is 11.4 Å². The highest BCUT2D eigenvalue weighted by Crippen LogP contribution is 2.35. The molecule has 2 fully saturated rings. The van der Waals surface area contributed by atoms with E-state index in [-0.39, 0.29) is 59.1 Å². The molecule has 2 amide bonds. The second-order valence-electron chi connectivity index (χ2n) is 8.69. The Morgan fingerprint density at radius 2 is 1.89 bits per heavy atom. The Morgan fingerprint density at radius 1 is 1.14 bits per heavy atom. The summed E-state index contributed by atoms with van der Waals surface area (Å²) in [6.45, 7) is 2.77. The first kappa shape index (κ1) is 23.6. The van der Waals surface area contributed by atoms with Gasteiger partial charge < -0.3 is 19.1 Å². The van der Waals surface area contributed by atoms with Crippen molar-refractivity contribution in [2.24, 2.45) is 0 Å². The third-order valence-corrected chi connectivity index (χ3v) is 6.58. The van der Waals surface area contributed by atoms with Gasteiger partial charge in [-0.15, -0.1) is 0 Å². The minimum Gasteiger partial charge on any atom is -0.373 e. The first-order valence-corrected chi connectivity index (χ1v) is 11.6. The number of rotatable bonds is 4. The van der Waals surface area contributed by atoms with Crippen LogP contribution in [0.3, 0.4) is 0 Å². The van der Waals surface area contributed by atoms with Crippen molar-refractivity contribution in [1.82, 2.24) is 14.5 Å². The summed E-state index contributed by atoms with van der Waals surface area (Å²) in [4.78, 5) is 31.2. The monoisotopic (exact) mass is 506 g/mol. The second kappa shape index (κ2) is 9.16. The molecule has 3 aromatic rings. The van der Waals surface area contributed by atoms with Crippen LogP contribution in [0.15, 0.2) is 24.3 Å². The van der Waals surface area contributed by atoms with Gasteiger partial charge in [0, 0.05) is 43.7 Å². The summed E-state index contributed by atoms with van der Waals surface area (Å²) in [6, 6.07) is 4.69. The van der Waals surface area contributed by atoms with E-state index in [4.69, 9.17) is 16.3 Å². The molecule has 5 rings (SSSR count). The summed E-state index contributed by atoms with van der Waals surface area (Å²) >= 11 is 6.00. The van der Waals surface area contributed by atoms with E-state index >= 15 is 13.2 Å². The number of carbonyl (C=O) groups excluding carboxylic acids is 2. The molecular weight excluding hydrogens is 485 g/mol. The number of hydrogen-bond acceptors (Lipinski definition) is 4. The molecule has 0 aliphatic carbocycles. The summed E-state index contributed by atoms with van der Waals surface area (Å²) < 4.78 is 52.9. The number of anilines is 1. The maximum Gasteiger partial charge on any atom is 0.227 e. The maximum atomic E-state index is 15.4.